The van der Waals surface area contributed by atoms with Crippen molar-refractivity contribution in [2.24, 2.45) is 4.99 Å². The molecule has 0 aromatic rings. The van der Waals surface area contributed by atoms with Gasteiger partial charge in [0.05, 0.1) is 5.55 Å². The van der Waals surface area contributed by atoms with Crippen LogP contribution in [0.25, 0.3) is 0 Å². The molecule has 1 aliphatic heterocycles. The Kier molecular flexibility index (Phi) is 3.13. The van der Waals surface area contributed by atoms with Crippen LogP contribution in [-0.4, -0.2) is 30.1 Å². The van der Waals surface area contributed by atoms with Crippen molar-refractivity contribution < 1.29 is 13.2 Å². The highest BCUT2D eigenvalue weighted by Gasteiger charge is 2.46. The van der Waals surface area contributed by atoms with Crippen LogP contribution in [0.15, 0.2) is 4.99 Å². The second-order valence-corrected chi connectivity index (χ2v) is 6.97. The third-order valence-electron chi connectivity index (χ3n) is 1.65. The number of nitrogens with zero attached hydrogens (tertiary/aromatic N) is 1. The summed E-state index contributed by atoms with van der Waals surface area (Å²) in [7, 11) is 1.47. The number of carbonyl (C=O) groups is 1. The zero-order chi connectivity index (χ0) is 11.0. The van der Waals surface area contributed by atoms with Crippen LogP contribution in [0, 0.1) is 0 Å². The monoisotopic (exact) mass is 256 g/mol. The average Bonchev–Trinajstić information content (AvgIpc) is 2.27. The van der Waals surface area contributed by atoms with E-state index in [1.807, 2.05) is 0 Å². The number of nitrogens with one attached hydrogen (secondary N) is 1. The van der Waals surface area contributed by atoms with Crippen LogP contribution >= 0.6 is 22.4 Å². The maximum Gasteiger partial charge on any atom is 0.249 e. The molecular weight excluding hydrogens is 248 g/mol. The summed E-state index contributed by atoms with van der Waals surface area (Å²) in [5.74, 6) is -0.350. The van der Waals surface area contributed by atoms with Gasteiger partial charge in [-0.3, -0.25) is 9.79 Å². The minimum Gasteiger partial charge on any atom is -0.330 e. The predicted molar refractivity (Wildman–Crippen MR) is 56.9 cm³/mol. The molecule has 0 saturated carbocycles. The topological polar surface area (TPSA) is 75.6 Å². The van der Waals surface area contributed by atoms with Gasteiger partial charge in [-0.15, -0.1) is 0 Å². The fourth-order valence-corrected chi connectivity index (χ4v) is 4.20. The van der Waals surface area contributed by atoms with E-state index in [9.17, 15) is 13.2 Å². The third kappa shape index (κ3) is 2.40. The summed E-state index contributed by atoms with van der Waals surface area (Å²) in [5.41, 5.74) is 0.206. The van der Waals surface area contributed by atoms with E-state index in [0.717, 1.165) is 11.8 Å². The van der Waals surface area contributed by atoms with Crippen molar-refractivity contribution in [1.29, 1.82) is 0 Å². The van der Waals surface area contributed by atoms with Crippen LogP contribution in [-0.2, 0) is 13.8 Å². The average molecular weight is 257 g/mol. The van der Waals surface area contributed by atoms with Crippen LogP contribution < -0.4 is 5.32 Å². The molecule has 1 N–H and O–H groups in total. The van der Waals surface area contributed by atoms with Crippen molar-refractivity contribution in [2.75, 3.05) is 0 Å². The van der Waals surface area contributed by atoms with Crippen molar-refractivity contribution in [2.45, 2.75) is 24.1 Å². The lowest BCUT2D eigenvalue weighted by Gasteiger charge is -2.26. The number of carbonyl (C=O) groups excluding carboxylic acids is 1. The molecule has 0 bridgehead atoms. The zero-order valence-electron chi connectivity index (χ0n) is 7.52. The van der Waals surface area contributed by atoms with Crippen LogP contribution in [0.1, 0.15) is 13.8 Å². The summed E-state index contributed by atoms with van der Waals surface area (Å²) < 4.78 is 21.3. The largest absolute Gasteiger partial charge is 0.330 e. The fraction of sp³-hybridized carbons (Fsp3) is 0.667. The van der Waals surface area contributed by atoms with Crippen LogP contribution in [0.2, 0.25) is 0 Å². The highest BCUT2D eigenvalue weighted by molar-refractivity contribution is 8.29. The first-order valence-corrected chi connectivity index (χ1v) is 6.98. The number of hydrogen-bond donors (Lipinski definition) is 1. The Hall–Kier alpha value is -0.270. The highest BCUT2D eigenvalue weighted by atomic mass is 35.7. The van der Waals surface area contributed by atoms with Gasteiger partial charge in [0.1, 0.15) is 0 Å². The normalized spacial score (nSPS) is 31.8. The maximum absolute atomic E-state index is 11.1. The molecule has 80 valence electrons. The third-order valence-corrected chi connectivity index (χ3v) is 5.50. The fourth-order valence-electron chi connectivity index (χ4n) is 1.18. The van der Waals surface area contributed by atoms with Gasteiger partial charge in [-0.25, -0.2) is 8.42 Å². The Bertz CT molecular complexity index is 381. The lowest BCUT2D eigenvalue weighted by atomic mass is 10.2. The van der Waals surface area contributed by atoms with Gasteiger partial charge in [0, 0.05) is 17.6 Å². The number of aliphatic imine (C=N–C) groups is 1. The summed E-state index contributed by atoms with van der Waals surface area (Å²) in [6.07, 6.45) is 0. The van der Waals surface area contributed by atoms with Crippen molar-refractivity contribution in [3.8, 4) is 0 Å². The summed E-state index contributed by atoms with van der Waals surface area (Å²) in [5, 5.41) is 2.45. The molecule has 0 aromatic carbocycles. The molecule has 8 heteroatoms. The van der Waals surface area contributed by atoms with Gasteiger partial charge in [-0.1, -0.05) is 11.8 Å². The molecule has 1 amide bonds. The van der Waals surface area contributed by atoms with E-state index in [2.05, 4.69) is 10.3 Å². The van der Waals surface area contributed by atoms with Gasteiger partial charge in [0.25, 0.3) is 0 Å². The SMILES string of the molecule is CC(=O)NC1(C)N=CSC1S(=O)(=O)Cl. The number of amides is 1. The number of hydrogen-bond acceptors (Lipinski definition) is 5. The lowest BCUT2D eigenvalue weighted by Crippen LogP contribution is -2.51. The maximum atomic E-state index is 11.1. The Balaban J connectivity index is 2.97. The molecule has 0 saturated heterocycles. The second-order valence-electron chi connectivity index (χ2n) is 3.01. The summed E-state index contributed by atoms with van der Waals surface area (Å²) >= 11 is 0.972. The van der Waals surface area contributed by atoms with E-state index >= 15 is 0 Å². The number of thioether (sulfide) groups is 1. The molecular formula is C6H9ClN2O3S2. The lowest BCUT2D eigenvalue weighted by molar-refractivity contribution is -0.120. The zero-order valence-corrected chi connectivity index (χ0v) is 9.91. The molecule has 0 aromatic heterocycles. The summed E-state index contributed by atoms with van der Waals surface area (Å²) in [4.78, 5) is 14.7. The van der Waals surface area contributed by atoms with Crippen LogP contribution in [0.3, 0.4) is 0 Å². The van der Waals surface area contributed by atoms with E-state index in [4.69, 9.17) is 10.7 Å². The highest BCUT2D eigenvalue weighted by Crippen LogP contribution is 2.35. The van der Waals surface area contributed by atoms with Crippen molar-refractivity contribution in [3.63, 3.8) is 0 Å². The molecule has 5 nitrogen and oxygen atoms in total. The van der Waals surface area contributed by atoms with E-state index in [-0.39, 0.29) is 5.91 Å². The van der Waals surface area contributed by atoms with E-state index < -0.39 is 19.3 Å². The Labute approximate surface area is 90.7 Å². The van der Waals surface area contributed by atoms with Crippen molar-refractivity contribution in [1.82, 2.24) is 5.32 Å². The van der Waals surface area contributed by atoms with Gasteiger partial charge in [0.15, 0.2) is 10.2 Å². The van der Waals surface area contributed by atoms with Gasteiger partial charge in [0.2, 0.25) is 15.0 Å². The van der Waals surface area contributed by atoms with Crippen molar-refractivity contribution in [3.05, 3.63) is 0 Å². The molecule has 1 rings (SSSR count). The minimum atomic E-state index is -3.76. The van der Waals surface area contributed by atoms with E-state index in [0.29, 0.717) is 0 Å². The van der Waals surface area contributed by atoms with Gasteiger partial charge in [-0.05, 0) is 6.92 Å². The summed E-state index contributed by atoms with van der Waals surface area (Å²) in [6.45, 7) is 2.80. The van der Waals surface area contributed by atoms with Crippen LogP contribution in [0.4, 0.5) is 0 Å². The van der Waals surface area contributed by atoms with Gasteiger partial charge in [-0.2, -0.15) is 0 Å². The van der Waals surface area contributed by atoms with Crippen molar-refractivity contribution >= 4 is 42.9 Å². The molecule has 0 aliphatic carbocycles. The molecule has 1 aliphatic rings. The Morgan fingerprint density at radius 3 is 2.71 bits per heavy atom. The Morgan fingerprint density at radius 2 is 2.29 bits per heavy atom. The smallest absolute Gasteiger partial charge is 0.249 e. The summed E-state index contributed by atoms with van der Waals surface area (Å²) in [6, 6.07) is 0. The molecule has 0 fully saturated rings. The van der Waals surface area contributed by atoms with E-state index in [1.54, 1.807) is 0 Å². The number of halogens is 1. The minimum absolute atomic E-state index is 0.350. The molecule has 2 atom stereocenters. The molecule has 2 unspecified atom stereocenters. The Morgan fingerprint density at radius 1 is 1.71 bits per heavy atom. The first kappa shape index (κ1) is 11.8. The molecule has 14 heavy (non-hydrogen) atoms. The number of rotatable bonds is 2. The molecule has 0 spiro atoms. The molecule has 1 heterocycles. The quantitative estimate of drug-likeness (QED) is 0.731. The second kappa shape index (κ2) is 3.71. The van der Waals surface area contributed by atoms with Gasteiger partial charge < -0.3 is 5.32 Å². The van der Waals surface area contributed by atoms with Crippen LogP contribution in [0.5, 0.6) is 0 Å². The first-order chi connectivity index (χ1) is 6.26. The van der Waals surface area contributed by atoms with Gasteiger partial charge >= 0.3 is 0 Å². The standard InChI is InChI=1S/C6H9ClN2O3S2/c1-4(10)9-6(2)5(13-3-8-6)14(7,11)12/h3,5H,1-2H3,(H,9,10). The molecule has 0 radical (unpaired) electrons. The van der Waals surface area contributed by atoms with E-state index in [1.165, 1.54) is 19.4 Å². The predicted octanol–water partition coefficient (Wildman–Crippen LogP) is 0.509. The first-order valence-electron chi connectivity index (χ1n) is 3.67.